The zero-order chi connectivity index (χ0) is 21.4. The van der Waals surface area contributed by atoms with Crippen molar-refractivity contribution < 1.29 is 4.74 Å². The molecule has 1 aliphatic carbocycles. The van der Waals surface area contributed by atoms with E-state index >= 15 is 0 Å². The third-order valence-electron chi connectivity index (χ3n) is 7.43. The number of nitrogens with zero attached hydrogens (tertiary/aromatic N) is 2. The van der Waals surface area contributed by atoms with Gasteiger partial charge in [0.05, 0.1) is 11.8 Å². The number of nitrogens with one attached hydrogen (secondary N) is 1. The number of hydrogen-bond acceptors (Lipinski definition) is 3. The van der Waals surface area contributed by atoms with Crippen molar-refractivity contribution in [1.82, 2.24) is 15.1 Å². The summed E-state index contributed by atoms with van der Waals surface area (Å²) < 4.78 is 6.47. The van der Waals surface area contributed by atoms with Crippen LogP contribution in [0.3, 0.4) is 0 Å². The van der Waals surface area contributed by atoms with Crippen molar-refractivity contribution >= 4 is 0 Å². The average Bonchev–Trinajstić information content (AvgIpc) is 3.42. The van der Waals surface area contributed by atoms with Crippen molar-refractivity contribution in [3.05, 3.63) is 60.8 Å². The van der Waals surface area contributed by atoms with Gasteiger partial charge in [-0.15, -0.1) is 0 Å². The Morgan fingerprint density at radius 3 is 2.58 bits per heavy atom. The molecule has 3 atom stereocenters. The molecule has 1 saturated carbocycles. The van der Waals surface area contributed by atoms with Crippen LogP contribution in [0.4, 0.5) is 0 Å². The molecule has 2 fully saturated rings. The van der Waals surface area contributed by atoms with Crippen LogP contribution in [0.5, 0.6) is 5.75 Å². The van der Waals surface area contributed by atoms with Gasteiger partial charge in [-0.25, -0.2) is 0 Å². The summed E-state index contributed by atoms with van der Waals surface area (Å²) >= 11 is 0. The zero-order valence-corrected chi connectivity index (χ0v) is 18.8. The van der Waals surface area contributed by atoms with Gasteiger partial charge in [0, 0.05) is 23.8 Å². The van der Waals surface area contributed by atoms with E-state index in [0.717, 1.165) is 35.9 Å². The van der Waals surface area contributed by atoms with E-state index in [-0.39, 0.29) is 0 Å². The van der Waals surface area contributed by atoms with Gasteiger partial charge in [-0.05, 0) is 86.9 Å². The molecule has 2 heterocycles. The zero-order valence-electron chi connectivity index (χ0n) is 18.8. The standard InChI is InChI=1S/C27H33N3O/c1-19(2)30-16-14-27(3)18-24(11-12-26(27)30)31-23-9-7-20(8-10-23)21-5-4-6-22(17-21)25-13-15-28-29-25/h4-10,13,15,17,19,24,26H,11-12,14,16,18H2,1-3H3,(H,28,29). The quantitative estimate of drug-likeness (QED) is 0.542. The smallest absolute Gasteiger partial charge is 0.119 e. The van der Waals surface area contributed by atoms with Gasteiger partial charge in [-0.1, -0.05) is 37.3 Å². The number of fused-ring (bicyclic) bond motifs is 1. The van der Waals surface area contributed by atoms with Crippen LogP contribution in [-0.2, 0) is 0 Å². The Labute approximate surface area is 185 Å². The Balaban J connectivity index is 1.26. The molecule has 3 aromatic rings. The first-order valence-electron chi connectivity index (χ1n) is 11.6. The van der Waals surface area contributed by atoms with E-state index in [1.54, 1.807) is 6.20 Å². The molecule has 0 radical (unpaired) electrons. The Bertz CT molecular complexity index is 1010. The van der Waals surface area contributed by atoms with Crippen LogP contribution in [-0.4, -0.2) is 39.8 Å². The first-order valence-corrected chi connectivity index (χ1v) is 11.6. The topological polar surface area (TPSA) is 41.1 Å². The van der Waals surface area contributed by atoms with Gasteiger partial charge in [-0.3, -0.25) is 10.00 Å². The molecule has 4 heteroatoms. The van der Waals surface area contributed by atoms with E-state index in [1.807, 2.05) is 6.07 Å². The SMILES string of the molecule is CC(C)N1CCC2(C)CC(Oc3ccc(-c4cccc(-c5ccn[nH]5)c4)cc3)CCC12. The lowest BCUT2D eigenvalue weighted by atomic mass is 9.70. The van der Waals surface area contributed by atoms with Crippen molar-refractivity contribution in [1.29, 1.82) is 0 Å². The molecule has 0 bridgehead atoms. The maximum Gasteiger partial charge on any atom is 0.119 e. The second-order valence-corrected chi connectivity index (χ2v) is 9.85. The van der Waals surface area contributed by atoms with Crippen LogP contribution in [0, 0.1) is 5.41 Å². The Kier molecular flexibility index (Phi) is 5.35. The molecule has 0 spiro atoms. The fourth-order valence-corrected chi connectivity index (χ4v) is 5.75. The molecule has 162 valence electrons. The normalized spacial score (nSPS) is 26.2. The minimum Gasteiger partial charge on any atom is -0.490 e. The molecular formula is C27H33N3O. The van der Waals surface area contributed by atoms with Gasteiger partial charge < -0.3 is 4.74 Å². The van der Waals surface area contributed by atoms with E-state index in [2.05, 4.69) is 84.4 Å². The predicted octanol–water partition coefficient (Wildman–Crippen LogP) is 6.16. The monoisotopic (exact) mass is 415 g/mol. The lowest BCUT2D eigenvalue weighted by Gasteiger charge is -2.43. The van der Waals surface area contributed by atoms with Crippen LogP contribution < -0.4 is 4.74 Å². The Hall–Kier alpha value is -2.59. The summed E-state index contributed by atoms with van der Waals surface area (Å²) in [5.74, 6) is 0.985. The van der Waals surface area contributed by atoms with Gasteiger partial charge in [0.25, 0.3) is 0 Å². The Morgan fingerprint density at radius 1 is 1.03 bits per heavy atom. The van der Waals surface area contributed by atoms with Gasteiger partial charge >= 0.3 is 0 Å². The predicted molar refractivity (Wildman–Crippen MR) is 126 cm³/mol. The third-order valence-corrected chi connectivity index (χ3v) is 7.43. The summed E-state index contributed by atoms with van der Waals surface area (Å²) in [4.78, 5) is 2.71. The van der Waals surface area contributed by atoms with Crippen molar-refractivity contribution in [3.63, 3.8) is 0 Å². The van der Waals surface area contributed by atoms with E-state index in [4.69, 9.17) is 4.74 Å². The van der Waals surface area contributed by atoms with Crippen molar-refractivity contribution in [2.45, 2.75) is 64.6 Å². The lowest BCUT2D eigenvalue weighted by Crippen LogP contribution is -2.47. The first-order chi connectivity index (χ1) is 15.0. The summed E-state index contributed by atoms with van der Waals surface area (Å²) in [5, 5.41) is 7.10. The van der Waals surface area contributed by atoms with Gasteiger partial charge in [-0.2, -0.15) is 5.10 Å². The molecule has 3 unspecified atom stereocenters. The van der Waals surface area contributed by atoms with E-state index in [1.165, 1.54) is 30.5 Å². The summed E-state index contributed by atoms with van der Waals surface area (Å²) in [6, 6.07) is 20.5. The van der Waals surface area contributed by atoms with Crippen LogP contribution in [0.1, 0.15) is 46.5 Å². The maximum absolute atomic E-state index is 6.47. The largest absolute Gasteiger partial charge is 0.490 e. The summed E-state index contributed by atoms with van der Waals surface area (Å²) in [5.41, 5.74) is 4.97. The molecule has 1 aliphatic heterocycles. The van der Waals surface area contributed by atoms with Crippen LogP contribution in [0.2, 0.25) is 0 Å². The molecule has 1 N–H and O–H groups in total. The fraction of sp³-hybridized carbons (Fsp3) is 0.444. The molecule has 0 amide bonds. The van der Waals surface area contributed by atoms with Crippen molar-refractivity contribution in [2.75, 3.05) is 6.54 Å². The molecule has 2 aliphatic rings. The number of H-pyrrole nitrogens is 1. The number of likely N-dealkylation sites (tertiary alicyclic amines) is 1. The molecule has 1 saturated heterocycles. The van der Waals surface area contributed by atoms with Crippen LogP contribution in [0.25, 0.3) is 22.4 Å². The highest BCUT2D eigenvalue weighted by molar-refractivity contribution is 5.71. The fourth-order valence-electron chi connectivity index (χ4n) is 5.75. The molecule has 31 heavy (non-hydrogen) atoms. The number of benzene rings is 2. The highest BCUT2D eigenvalue weighted by Gasteiger charge is 2.48. The molecule has 1 aromatic heterocycles. The Morgan fingerprint density at radius 2 is 1.84 bits per heavy atom. The second kappa shape index (κ2) is 8.16. The summed E-state index contributed by atoms with van der Waals surface area (Å²) in [6.07, 6.45) is 6.96. The summed E-state index contributed by atoms with van der Waals surface area (Å²) in [7, 11) is 0. The third kappa shape index (κ3) is 4.01. The average molecular weight is 416 g/mol. The van der Waals surface area contributed by atoms with E-state index in [9.17, 15) is 0 Å². The van der Waals surface area contributed by atoms with Gasteiger partial charge in [0.1, 0.15) is 5.75 Å². The number of hydrogen-bond donors (Lipinski definition) is 1. The maximum atomic E-state index is 6.47. The molecule has 2 aromatic carbocycles. The van der Waals surface area contributed by atoms with Crippen molar-refractivity contribution in [3.8, 4) is 28.1 Å². The molecular weight excluding hydrogens is 382 g/mol. The number of rotatable bonds is 5. The van der Waals surface area contributed by atoms with E-state index < -0.39 is 0 Å². The van der Waals surface area contributed by atoms with Crippen LogP contribution in [0.15, 0.2) is 60.8 Å². The molecule has 4 nitrogen and oxygen atoms in total. The highest BCUT2D eigenvalue weighted by atomic mass is 16.5. The van der Waals surface area contributed by atoms with E-state index in [0.29, 0.717) is 17.6 Å². The van der Waals surface area contributed by atoms with Gasteiger partial charge in [0.15, 0.2) is 0 Å². The number of aromatic nitrogens is 2. The minimum absolute atomic E-state index is 0.322. The molecule has 5 rings (SSSR count). The van der Waals surface area contributed by atoms with Gasteiger partial charge in [0.2, 0.25) is 0 Å². The number of ether oxygens (including phenoxy) is 1. The lowest BCUT2D eigenvalue weighted by molar-refractivity contribution is 0.0274. The second-order valence-electron chi connectivity index (χ2n) is 9.85. The van der Waals surface area contributed by atoms with Crippen molar-refractivity contribution in [2.24, 2.45) is 5.41 Å². The first kappa shape index (κ1) is 20.3. The minimum atomic E-state index is 0.322. The number of aromatic amines is 1. The van der Waals surface area contributed by atoms with Crippen LogP contribution >= 0.6 is 0 Å². The highest BCUT2D eigenvalue weighted by Crippen LogP contribution is 2.48. The summed E-state index contributed by atoms with van der Waals surface area (Å²) in [6.45, 7) is 8.38.